The molecule has 0 radical (unpaired) electrons. The molecule has 2 aromatic carbocycles. The number of aromatic nitrogens is 2. The van der Waals surface area contributed by atoms with Gasteiger partial charge < -0.3 is 0 Å². The van der Waals surface area contributed by atoms with Gasteiger partial charge in [0.1, 0.15) is 0 Å². The summed E-state index contributed by atoms with van der Waals surface area (Å²) >= 11 is 1.21. The second kappa shape index (κ2) is 11.0. The standard InChI is InChI=1S/C28H30N4O5S3/c1-19-13-20(2)17-31(16-19)40(36,37)23-8-6-22(7-9-23)27(33)32(18-21-5-4-12-29-15-21)28-30-25-11-10-24(39(3,34)35)14-26(25)38-28/h4-12,14-15,19-20H,13,16-18H2,1-3H3. The van der Waals surface area contributed by atoms with Gasteiger partial charge in [0.05, 0.1) is 26.6 Å². The van der Waals surface area contributed by atoms with Gasteiger partial charge in [-0.25, -0.2) is 21.8 Å². The van der Waals surface area contributed by atoms with Crippen LogP contribution in [0.25, 0.3) is 10.2 Å². The summed E-state index contributed by atoms with van der Waals surface area (Å²) in [6.07, 6.45) is 5.44. The molecule has 1 aliphatic rings. The molecule has 3 heterocycles. The summed E-state index contributed by atoms with van der Waals surface area (Å²) in [4.78, 5) is 24.4. The lowest BCUT2D eigenvalue weighted by Crippen LogP contribution is -2.42. The van der Waals surface area contributed by atoms with Crippen molar-refractivity contribution in [2.24, 2.45) is 11.8 Å². The molecule has 0 N–H and O–H groups in total. The molecular weight excluding hydrogens is 569 g/mol. The van der Waals surface area contributed by atoms with Crippen LogP contribution in [0.3, 0.4) is 0 Å². The quantitative estimate of drug-likeness (QED) is 0.305. The van der Waals surface area contributed by atoms with Gasteiger partial charge >= 0.3 is 0 Å². The first kappa shape index (κ1) is 28.3. The summed E-state index contributed by atoms with van der Waals surface area (Å²) in [5.41, 5.74) is 1.65. The van der Waals surface area contributed by atoms with Gasteiger partial charge in [0.2, 0.25) is 10.0 Å². The van der Waals surface area contributed by atoms with Crippen molar-refractivity contribution < 1.29 is 21.6 Å². The highest BCUT2D eigenvalue weighted by atomic mass is 32.2. The molecule has 4 aromatic rings. The van der Waals surface area contributed by atoms with Crippen molar-refractivity contribution >= 4 is 52.5 Å². The SMILES string of the molecule is CC1CC(C)CN(S(=O)(=O)c2ccc(C(=O)N(Cc3cccnc3)c3nc4ccc(S(C)(=O)=O)cc4s3)cc2)C1. The fourth-order valence-corrected chi connectivity index (χ4v) is 8.42. The highest BCUT2D eigenvalue weighted by molar-refractivity contribution is 7.90. The van der Waals surface area contributed by atoms with Crippen molar-refractivity contribution in [3.8, 4) is 0 Å². The smallest absolute Gasteiger partial charge is 0.260 e. The molecule has 1 saturated heterocycles. The Labute approximate surface area is 238 Å². The minimum Gasteiger partial charge on any atom is -0.279 e. The highest BCUT2D eigenvalue weighted by Gasteiger charge is 2.32. The predicted octanol–water partition coefficient (Wildman–Crippen LogP) is 4.61. The van der Waals surface area contributed by atoms with E-state index in [0.29, 0.717) is 34.0 Å². The zero-order valence-corrected chi connectivity index (χ0v) is 24.8. The molecule has 210 valence electrons. The number of carbonyl (C=O) groups excluding carboxylic acids is 1. The third-order valence-corrected chi connectivity index (χ3v) is 10.9. The molecular formula is C28H30N4O5S3. The van der Waals surface area contributed by atoms with Crippen LogP contribution in [0.5, 0.6) is 0 Å². The Balaban J connectivity index is 1.48. The minimum absolute atomic E-state index is 0.150. The number of fused-ring (bicyclic) bond motifs is 1. The molecule has 0 spiro atoms. The average Bonchev–Trinajstić information content (AvgIpc) is 3.34. The van der Waals surface area contributed by atoms with Crippen LogP contribution in [-0.4, -0.2) is 56.4 Å². The lowest BCUT2D eigenvalue weighted by molar-refractivity contribution is 0.0985. The van der Waals surface area contributed by atoms with E-state index in [0.717, 1.165) is 18.2 Å². The largest absolute Gasteiger partial charge is 0.279 e. The third kappa shape index (κ3) is 5.95. The van der Waals surface area contributed by atoms with Gasteiger partial charge in [-0.1, -0.05) is 31.3 Å². The number of sulfonamides is 1. The molecule has 1 amide bonds. The van der Waals surface area contributed by atoms with E-state index in [1.165, 1.54) is 50.9 Å². The van der Waals surface area contributed by atoms with Gasteiger partial charge in [-0.15, -0.1) is 0 Å². The number of pyridine rings is 1. The molecule has 40 heavy (non-hydrogen) atoms. The van der Waals surface area contributed by atoms with E-state index in [-0.39, 0.29) is 34.1 Å². The number of rotatable bonds is 7. The number of hydrogen-bond acceptors (Lipinski definition) is 8. The van der Waals surface area contributed by atoms with Crippen LogP contribution in [0.2, 0.25) is 0 Å². The number of sulfone groups is 1. The third-order valence-electron chi connectivity index (χ3n) is 6.89. The normalized spacial score (nSPS) is 18.6. The summed E-state index contributed by atoms with van der Waals surface area (Å²) in [6.45, 7) is 5.24. The van der Waals surface area contributed by atoms with Crippen LogP contribution >= 0.6 is 11.3 Å². The number of thiazole rings is 1. The molecule has 1 fully saturated rings. The second-order valence-electron chi connectivity index (χ2n) is 10.4. The van der Waals surface area contributed by atoms with Gasteiger partial charge in [0, 0.05) is 37.3 Å². The first-order valence-corrected chi connectivity index (χ1v) is 17.0. The van der Waals surface area contributed by atoms with Crippen molar-refractivity contribution in [2.75, 3.05) is 24.2 Å². The Morgan fingerprint density at radius 2 is 1.68 bits per heavy atom. The molecule has 9 nitrogen and oxygen atoms in total. The highest BCUT2D eigenvalue weighted by Crippen LogP contribution is 2.33. The Morgan fingerprint density at radius 3 is 2.30 bits per heavy atom. The predicted molar refractivity (Wildman–Crippen MR) is 156 cm³/mol. The average molecular weight is 599 g/mol. The van der Waals surface area contributed by atoms with E-state index in [4.69, 9.17) is 0 Å². The molecule has 0 bridgehead atoms. The van der Waals surface area contributed by atoms with Gasteiger partial charge in [0.25, 0.3) is 5.91 Å². The number of benzene rings is 2. The number of amides is 1. The van der Waals surface area contributed by atoms with Crippen LogP contribution in [0.1, 0.15) is 36.2 Å². The fourth-order valence-electron chi connectivity index (χ4n) is 5.02. The molecule has 0 saturated carbocycles. The lowest BCUT2D eigenvalue weighted by atomic mass is 9.94. The minimum atomic E-state index is -3.68. The van der Waals surface area contributed by atoms with Crippen molar-refractivity contribution in [3.63, 3.8) is 0 Å². The lowest BCUT2D eigenvalue weighted by Gasteiger charge is -2.34. The Kier molecular flexibility index (Phi) is 7.79. The molecule has 2 atom stereocenters. The van der Waals surface area contributed by atoms with Crippen LogP contribution in [0, 0.1) is 11.8 Å². The zero-order valence-electron chi connectivity index (χ0n) is 22.4. The van der Waals surface area contributed by atoms with E-state index in [2.05, 4.69) is 23.8 Å². The topological polar surface area (TPSA) is 118 Å². The van der Waals surface area contributed by atoms with Gasteiger partial charge in [-0.3, -0.25) is 14.7 Å². The monoisotopic (exact) mass is 598 g/mol. The Bertz CT molecular complexity index is 1740. The van der Waals surface area contributed by atoms with Crippen molar-refractivity contribution in [1.29, 1.82) is 0 Å². The number of hydrogen-bond donors (Lipinski definition) is 0. The van der Waals surface area contributed by atoms with Crippen LogP contribution < -0.4 is 4.90 Å². The molecule has 0 aliphatic carbocycles. The van der Waals surface area contributed by atoms with Gasteiger partial charge in [-0.05, 0) is 72.4 Å². The number of anilines is 1. The molecule has 5 rings (SSSR count). The van der Waals surface area contributed by atoms with Gasteiger partial charge in [-0.2, -0.15) is 4.31 Å². The summed E-state index contributed by atoms with van der Waals surface area (Å²) in [5.74, 6) is 0.195. The second-order valence-corrected chi connectivity index (χ2v) is 15.4. The van der Waals surface area contributed by atoms with Crippen molar-refractivity contribution in [2.45, 2.75) is 36.6 Å². The number of carbonyl (C=O) groups is 1. The maximum absolute atomic E-state index is 13.8. The van der Waals surface area contributed by atoms with Crippen LogP contribution in [0.15, 0.2) is 76.8 Å². The Morgan fingerprint density at radius 1 is 1.00 bits per heavy atom. The molecule has 1 aliphatic heterocycles. The van der Waals surface area contributed by atoms with E-state index in [1.807, 2.05) is 6.07 Å². The Hall–Kier alpha value is -3.19. The first-order valence-electron chi connectivity index (χ1n) is 12.8. The van der Waals surface area contributed by atoms with Crippen LogP contribution in [-0.2, 0) is 26.4 Å². The zero-order chi connectivity index (χ0) is 28.7. The maximum atomic E-state index is 13.8. The fraction of sp³-hybridized carbons (Fsp3) is 0.321. The van der Waals surface area contributed by atoms with Gasteiger partial charge in [0.15, 0.2) is 15.0 Å². The van der Waals surface area contributed by atoms with Crippen molar-refractivity contribution in [3.05, 3.63) is 78.1 Å². The van der Waals surface area contributed by atoms with E-state index < -0.39 is 19.9 Å². The molecule has 2 unspecified atom stereocenters. The summed E-state index contributed by atoms with van der Waals surface area (Å²) in [6, 6.07) is 14.3. The summed E-state index contributed by atoms with van der Waals surface area (Å²) < 4.78 is 52.9. The maximum Gasteiger partial charge on any atom is 0.260 e. The molecule has 2 aromatic heterocycles. The summed E-state index contributed by atoms with van der Waals surface area (Å²) in [7, 11) is -7.09. The number of nitrogens with zero attached hydrogens (tertiary/aromatic N) is 4. The number of piperidine rings is 1. The van der Waals surface area contributed by atoms with Crippen LogP contribution in [0.4, 0.5) is 5.13 Å². The van der Waals surface area contributed by atoms with E-state index in [1.54, 1.807) is 30.6 Å². The van der Waals surface area contributed by atoms with E-state index >= 15 is 0 Å². The van der Waals surface area contributed by atoms with E-state index in [9.17, 15) is 21.6 Å². The summed E-state index contributed by atoms with van der Waals surface area (Å²) in [5, 5.41) is 0.391. The first-order chi connectivity index (χ1) is 18.9. The van der Waals surface area contributed by atoms with Crippen molar-refractivity contribution in [1.82, 2.24) is 14.3 Å². The molecule has 12 heteroatoms.